The van der Waals surface area contributed by atoms with E-state index < -0.39 is 23.2 Å². The van der Waals surface area contributed by atoms with Crippen molar-refractivity contribution in [2.24, 2.45) is 0 Å². The highest BCUT2D eigenvalue weighted by molar-refractivity contribution is 7.16. The van der Waals surface area contributed by atoms with E-state index in [2.05, 4.69) is 0 Å². The number of piperazine rings is 1. The van der Waals surface area contributed by atoms with Gasteiger partial charge in [-0.1, -0.05) is 0 Å². The predicted molar refractivity (Wildman–Crippen MR) is 116 cm³/mol. The first-order chi connectivity index (χ1) is 15.3. The molecule has 3 heterocycles. The van der Waals surface area contributed by atoms with Crippen LogP contribution in [0.4, 0.5) is 10.1 Å². The smallest absolute Gasteiger partial charge is 0.342 e. The zero-order valence-electron chi connectivity index (χ0n) is 16.9. The molecule has 0 radical (unpaired) electrons. The highest BCUT2D eigenvalue weighted by Gasteiger charge is 2.25. The summed E-state index contributed by atoms with van der Waals surface area (Å²) in [6, 6.07) is 2.62. The molecule has 0 unspecified atom stereocenters. The summed E-state index contributed by atoms with van der Waals surface area (Å²) in [5, 5.41) is 19.8. The number of pyridine rings is 1. The lowest BCUT2D eigenvalue weighted by molar-refractivity contribution is -0.137. The molecule has 1 amide bonds. The molecule has 1 aromatic carbocycles. The minimum atomic E-state index is -1.36. The molecule has 9 nitrogen and oxygen atoms in total. The van der Waals surface area contributed by atoms with Crippen molar-refractivity contribution in [3.63, 3.8) is 0 Å². The molecule has 11 heteroatoms. The van der Waals surface area contributed by atoms with Crippen LogP contribution < -0.4 is 10.3 Å². The second kappa shape index (κ2) is 8.58. The third-order valence-electron chi connectivity index (χ3n) is 5.59. The Morgan fingerprint density at radius 3 is 2.44 bits per heavy atom. The van der Waals surface area contributed by atoms with Crippen LogP contribution in [0.25, 0.3) is 15.7 Å². The fourth-order valence-corrected chi connectivity index (χ4v) is 4.87. The number of thiazole rings is 1. The number of nitrogens with zero attached hydrogens (tertiary/aromatic N) is 3. The number of aromatic carboxylic acids is 1. The minimum Gasteiger partial charge on any atom is -0.481 e. The Morgan fingerprint density at radius 1 is 1.06 bits per heavy atom. The molecule has 0 bridgehead atoms. The molecular formula is C21H20FN3O6S. The van der Waals surface area contributed by atoms with Crippen molar-refractivity contribution in [2.45, 2.75) is 19.3 Å². The van der Waals surface area contributed by atoms with E-state index in [9.17, 15) is 28.7 Å². The van der Waals surface area contributed by atoms with Gasteiger partial charge in [0.2, 0.25) is 11.3 Å². The number of carbonyl (C=O) groups excluding carboxylic acids is 1. The Bertz CT molecular complexity index is 1290. The summed E-state index contributed by atoms with van der Waals surface area (Å²) in [7, 11) is 0. The highest BCUT2D eigenvalue weighted by atomic mass is 32.1. The van der Waals surface area contributed by atoms with Crippen molar-refractivity contribution < 1.29 is 29.0 Å². The van der Waals surface area contributed by atoms with Gasteiger partial charge in [-0.05, 0) is 18.6 Å². The predicted octanol–water partition coefficient (Wildman–Crippen LogP) is 2.26. The maximum Gasteiger partial charge on any atom is 0.342 e. The van der Waals surface area contributed by atoms with Gasteiger partial charge in [-0.25, -0.2) is 9.18 Å². The molecule has 0 atom stereocenters. The molecule has 1 aliphatic heterocycles. The first kappa shape index (κ1) is 21.8. The van der Waals surface area contributed by atoms with Gasteiger partial charge in [0.1, 0.15) is 16.2 Å². The highest BCUT2D eigenvalue weighted by Crippen LogP contribution is 2.29. The largest absolute Gasteiger partial charge is 0.481 e. The van der Waals surface area contributed by atoms with Gasteiger partial charge in [0, 0.05) is 50.6 Å². The fourth-order valence-electron chi connectivity index (χ4n) is 3.99. The number of rotatable bonds is 6. The number of fused-ring (bicyclic) bond motifs is 3. The first-order valence-corrected chi connectivity index (χ1v) is 10.9. The van der Waals surface area contributed by atoms with Gasteiger partial charge < -0.3 is 24.4 Å². The van der Waals surface area contributed by atoms with Crippen LogP contribution in [0.5, 0.6) is 0 Å². The zero-order valence-corrected chi connectivity index (χ0v) is 17.7. The van der Waals surface area contributed by atoms with E-state index in [1.165, 1.54) is 0 Å². The topological polar surface area (TPSA) is 120 Å². The van der Waals surface area contributed by atoms with Crippen LogP contribution in [0, 0.1) is 5.82 Å². The number of amides is 1. The number of anilines is 1. The van der Waals surface area contributed by atoms with Crippen LogP contribution in [0.2, 0.25) is 0 Å². The third kappa shape index (κ3) is 3.91. The van der Waals surface area contributed by atoms with Crippen LogP contribution >= 0.6 is 11.3 Å². The van der Waals surface area contributed by atoms with Crippen LogP contribution in [0.1, 0.15) is 29.6 Å². The Labute approximate surface area is 184 Å². The number of hydrogen-bond donors (Lipinski definition) is 2. The number of hydrogen-bond acceptors (Lipinski definition) is 6. The number of halogens is 1. The average Bonchev–Trinajstić information content (AvgIpc) is 3.22. The summed E-state index contributed by atoms with van der Waals surface area (Å²) < 4.78 is 16.5. The lowest BCUT2D eigenvalue weighted by Crippen LogP contribution is -2.49. The van der Waals surface area contributed by atoms with Crippen LogP contribution in [0.15, 0.2) is 28.5 Å². The van der Waals surface area contributed by atoms with Crippen molar-refractivity contribution in [3.05, 3.63) is 45.3 Å². The number of carbonyl (C=O) groups is 3. The summed E-state index contributed by atoms with van der Waals surface area (Å²) in [5.41, 5.74) is -0.412. The summed E-state index contributed by atoms with van der Waals surface area (Å²) >= 11 is 1.12. The van der Waals surface area contributed by atoms with Crippen LogP contribution in [-0.4, -0.2) is 63.5 Å². The minimum absolute atomic E-state index is 0.00760. The molecule has 1 saturated heterocycles. The first-order valence-electron chi connectivity index (χ1n) is 10.0. The zero-order chi connectivity index (χ0) is 23.0. The van der Waals surface area contributed by atoms with Crippen LogP contribution in [-0.2, 0) is 9.59 Å². The molecule has 32 heavy (non-hydrogen) atoms. The van der Waals surface area contributed by atoms with E-state index in [0.29, 0.717) is 31.7 Å². The Morgan fingerprint density at radius 2 is 1.78 bits per heavy atom. The summed E-state index contributed by atoms with van der Waals surface area (Å²) in [6.07, 6.45) is 2.01. The van der Waals surface area contributed by atoms with Crippen molar-refractivity contribution in [2.75, 3.05) is 31.1 Å². The quantitative estimate of drug-likeness (QED) is 0.578. The number of aliphatic carboxylic acids is 1. The molecule has 2 aromatic heterocycles. The van der Waals surface area contributed by atoms with E-state index in [1.807, 2.05) is 0 Å². The molecule has 0 spiro atoms. The van der Waals surface area contributed by atoms with Gasteiger partial charge in [-0.15, -0.1) is 11.3 Å². The number of benzene rings is 1. The molecule has 1 fully saturated rings. The number of carboxylic acid groups (broad SMARTS) is 2. The standard InChI is InChI=1S/C21H20FN3O6S/c22-13-10-12-14(25-8-9-32-20(25)18(19(12)29)21(30)31)11-15(13)23-4-6-24(7-5-23)16(26)2-1-3-17(27)28/h8-11H,1-7H2,(H,27,28)(H,30,31). The molecule has 2 N–H and O–H groups in total. The van der Waals surface area contributed by atoms with Gasteiger partial charge in [-0.2, -0.15) is 0 Å². The third-order valence-corrected chi connectivity index (χ3v) is 6.47. The van der Waals surface area contributed by atoms with Crippen molar-refractivity contribution >= 4 is 50.6 Å². The lowest BCUT2D eigenvalue weighted by Gasteiger charge is -2.36. The Kier molecular flexibility index (Phi) is 5.83. The van der Waals surface area contributed by atoms with E-state index >= 15 is 0 Å². The van der Waals surface area contributed by atoms with Crippen molar-refractivity contribution in [1.29, 1.82) is 0 Å². The SMILES string of the molecule is O=C(O)CCCC(=O)N1CCN(c2cc3c(cc2F)c(=O)c(C(=O)O)c2sccn23)CC1. The van der Waals surface area contributed by atoms with Crippen LogP contribution in [0.3, 0.4) is 0 Å². The maximum absolute atomic E-state index is 15.0. The molecule has 0 aliphatic carbocycles. The van der Waals surface area contributed by atoms with E-state index in [4.69, 9.17) is 5.11 Å². The molecule has 168 valence electrons. The van der Waals surface area contributed by atoms with Crippen molar-refractivity contribution in [3.8, 4) is 0 Å². The fraction of sp³-hybridized carbons (Fsp3) is 0.333. The van der Waals surface area contributed by atoms with Gasteiger partial charge in [0.05, 0.1) is 16.6 Å². The number of aromatic nitrogens is 1. The number of carboxylic acids is 2. The summed E-state index contributed by atoms with van der Waals surface area (Å²) in [5.74, 6) is -3.06. The average molecular weight is 461 g/mol. The van der Waals surface area contributed by atoms with Gasteiger partial charge >= 0.3 is 11.9 Å². The van der Waals surface area contributed by atoms with E-state index in [-0.39, 0.29) is 46.6 Å². The molecule has 4 rings (SSSR count). The molecule has 1 aliphatic rings. The molecular weight excluding hydrogens is 441 g/mol. The molecule has 0 saturated carbocycles. The van der Waals surface area contributed by atoms with Gasteiger partial charge in [-0.3, -0.25) is 14.4 Å². The molecule has 3 aromatic rings. The second-order valence-corrected chi connectivity index (χ2v) is 8.42. The Hall–Kier alpha value is -3.47. The summed E-state index contributed by atoms with van der Waals surface area (Å²) in [6.45, 7) is 1.49. The van der Waals surface area contributed by atoms with E-state index in [0.717, 1.165) is 17.4 Å². The Balaban J connectivity index is 1.60. The summed E-state index contributed by atoms with van der Waals surface area (Å²) in [4.78, 5) is 50.9. The van der Waals surface area contributed by atoms with E-state index in [1.54, 1.807) is 31.8 Å². The van der Waals surface area contributed by atoms with Crippen molar-refractivity contribution in [1.82, 2.24) is 9.30 Å². The maximum atomic E-state index is 15.0. The normalized spacial score (nSPS) is 14.3. The second-order valence-electron chi connectivity index (χ2n) is 7.52. The van der Waals surface area contributed by atoms with Gasteiger partial charge in [0.15, 0.2) is 0 Å². The van der Waals surface area contributed by atoms with Gasteiger partial charge in [0.25, 0.3) is 0 Å². The monoisotopic (exact) mass is 461 g/mol. The lowest BCUT2D eigenvalue weighted by atomic mass is 10.1.